The number of thioether (sulfide) groups is 1. The highest BCUT2D eigenvalue weighted by molar-refractivity contribution is 7.98. The second-order valence-corrected chi connectivity index (χ2v) is 8.53. The number of hydrogen-bond donors (Lipinski definition) is 1. The standard InChI is InChI=1S/C24H21ClN4OS/c1-16-5-3-7-21(13-16)26-23(30)19-11-9-18(10-12-19)15-31-24-28-27-17(2)29(24)22-8-4-6-20(25)14-22/h3-14H,15H2,1-2H3,(H,26,30). The van der Waals surface area contributed by atoms with Crippen molar-refractivity contribution >= 4 is 35.0 Å². The van der Waals surface area contributed by atoms with E-state index in [1.54, 1.807) is 11.8 Å². The maximum Gasteiger partial charge on any atom is 0.255 e. The maximum atomic E-state index is 12.5. The van der Waals surface area contributed by atoms with Crippen molar-refractivity contribution in [3.05, 3.63) is 100 Å². The lowest BCUT2D eigenvalue weighted by atomic mass is 10.1. The van der Waals surface area contributed by atoms with Gasteiger partial charge in [0.2, 0.25) is 0 Å². The molecule has 0 saturated heterocycles. The van der Waals surface area contributed by atoms with E-state index in [2.05, 4.69) is 15.5 Å². The van der Waals surface area contributed by atoms with Crippen molar-refractivity contribution < 1.29 is 4.79 Å². The van der Waals surface area contributed by atoms with Crippen LogP contribution in [0.3, 0.4) is 0 Å². The van der Waals surface area contributed by atoms with Crippen LogP contribution in [0.5, 0.6) is 0 Å². The summed E-state index contributed by atoms with van der Waals surface area (Å²) in [6.07, 6.45) is 0. The molecule has 1 aromatic heterocycles. The van der Waals surface area contributed by atoms with Crippen LogP contribution in [0.15, 0.2) is 78.0 Å². The minimum absolute atomic E-state index is 0.124. The minimum atomic E-state index is -0.124. The fourth-order valence-electron chi connectivity index (χ4n) is 3.18. The van der Waals surface area contributed by atoms with E-state index in [0.717, 1.165) is 33.5 Å². The summed E-state index contributed by atoms with van der Waals surface area (Å²) in [7, 11) is 0. The highest BCUT2D eigenvalue weighted by atomic mass is 35.5. The van der Waals surface area contributed by atoms with Gasteiger partial charge in [0.1, 0.15) is 5.82 Å². The van der Waals surface area contributed by atoms with Gasteiger partial charge in [-0.1, -0.05) is 53.7 Å². The highest BCUT2D eigenvalue weighted by Gasteiger charge is 2.12. The molecule has 3 aromatic carbocycles. The van der Waals surface area contributed by atoms with Gasteiger partial charge in [-0.15, -0.1) is 10.2 Å². The van der Waals surface area contributed by atoms with E-state index in [9.17, 15) is 4.79 Å². The Morgan fingerprint density at radius 2 is 1.77 bits per heavy atom. The van der Waals surface area contributed by atoms with Crippen LogP contribution in [-0.4, -0.2) is 20.7 Å². The first-order valence-electron chi connectivity index (χ1n) is 9.77. The SMILES string of the molecule is Cc1cccc(NC(=O)c2ccc(CSc3nnc(C)n3-c3cccc(Cl)c3)cc2)c1. The Balaban J connectivity index is 1.43. The van der Waals surface area contributed by atoms with E-state index in [-0.39, 0.29) is 5.91 Å². The number of aryl methyl sites for hydroxylation is 2. The molecule has 31 heavy (non-hydrogen) atoms. The predicted octanol–water partition coefficient (Wildman–Crippen LogP) is 6.08. The van der Waals surface area contributed by atoms with E-state index in [4.69, 9.17) is 11.6 Å². The van der Waals surface area contributed by atoms with Gasteiger partial charge >= 0.3 is 0 Å². The summed E-state index contributed by atoms with van der Waals surface area (Å²) < 4.78 is 1.99. The van der Waals surface area contributed by atoms with Crippen molar-refractivity contribution in [2.45, 2.75) is 24.8 Å². The monoisotopic (exact) mass is 448 g/mol. The number of hydrogen-bond acceptors (Lipinski definition) is 4. The van der Waals surface area contributed by atoms with Gasteiger partial charge in [-0.25, -0.2) is 0 Å². The van der Waals surface area contributed by atoms with Crippen LogP contribution in [0, 0.1) is 13.8 Å². The second kappa shape index (κ2) is 9.37. The average Bonchev–Trinajstić information content (AvgIpc) is 3.13. The molecule has 5 nitrogen and oxygen atoms in total. The molecule has 4 rings (SSSR count). The van der Waals surface area contributed by atoms with Gasteiger partial charge in [-0.05, 0) is 67.4 Å². The Bertz CT molecular complexity index is 1220. The molecule has 0 aliphatic rings. The number of halogens is 1. The zero-order valence-corrected chi connectivity index (χ0v) is 18.7. The summed E-state index contributed by atoms with van der Waals surface area (Å²) in [5.41, 5.74) is 4.54. The molecule has 0 radical (unpaired) electrons. The summed E-state index contributed by atoms with van der Waals surface area (Å²) >= 11 is 7.73. The molecule has 1 amide bonds. The van der Waals surface area contributed by atoms with Gasteiger partial charge < -0.3 is 5.32 Å². The summed E-state index contributed by atoms with van der Waals surface area (Å²) in [5, 5.41) is 12.9. The molecule has 0 spiro atoms. The van der Waals surface area contributed by atoms with Crippen molar-refractivity contribution in [1.82, 2.24) is 14.8 Å². The zero-order valence-electron chi connectivity index (χ0n) is 17.2. The Hall–Kier alpha value is -3.09. The van der Waals surface area contributed by atoms with Gasteiger partial charge in [0.15, 0.2) is 5.16 Å². The van der Waals surface area contributed by atoms with Crippen LogP contribution >= 0.6 is 23.4 Å². The smallest absolute Gasteiger partial charge is 0.255 e. The molecule has 0 aliphatic carbocycles. The van der Waals surface area contributed by atoms with Crippen LogP contribution in [-0.2, 0) is 5.75 Å². The van der Waals surface area contributed by atoms with Crippen LogP contribution in [0.1, 0.15) is 27.3 Å². The van der Waals surface area contributed by atoms with Crippen molar-refractivity contribution in [2.24, 2.45) is 0 Å². The quantitative estimate of drug-likeness (QED) is 0.363. The normalized spacial score (nSPS) is 10.8. The van der Waals surface area contributed by atoms with Gasteiger partial charge in [-0.3, -0.25) is 9.36 Å². The van der Waals surface area contributed by atoms with Crippen molar-refractivity contribution in [1.29, 1.82) is 0 Å². The number of aromatic nitrogens is 3. The minimum Gasteiger partial charge on any atom is -0.322 e. The summed E-state index contributed by atoms with van der Waals surface area (Å²) in [4.78, 5) is 12.5. The van der Waals surface area contributed by atoms with Crippen LogP contribution in [0.2, 0.25) is 5.02 Å². The molecule has 156 valence electrons. The van der Waals surface area contributed by atoms with Gasteiger partial charge in [0.05, 0.1) is 5.69 Å². The Labute approximate surface area is 190 Å². The topological polar surface area (TPSA) is 59.8 Å². The number of nitrogens with zero attached hydrogens (tertiary/aromatic N) is 3. The number of amides is 1. The van der Waals surface area contributed by atoms with E-state index in [1.807, 2.05) is 91.2 Å². The highest BCUT2D eigenvalue weighted by Crippen LogP contribution is 2.26. The zero-order chi connectivity index (χ0) is 21.8. The number of benzene rings is 3. The molecule has 0 unspecified atom stereocenters. The first-order chi connectivity index (χ1) is 15.0. The third kappa shape index (κ3) is 5.16. The van der Waals surface area contributed by atoms with E-state index in [1.165, 1.54) is 0 Å². The molecular formula is C24H21ClN4OS. The van der Waals surface area contributed by atoms with Gasteiger partial charge in [0, 0.05) is 22.0 Å². The van der Waals surface area contributed by atoms with Crippen LogP contribution in [0.25, 0.3) is 5.69 Å². The molecule has 0 bridgehead atoms. The molecule has 0 atom stereocenters. The first-order valence-corrected chi connectivity index (χ1v) is 11.1. The summed E-state index contributed by atoms with van der Waals surface area (Å²) in [6.45, 7) is 3.91. The molecule has 0 aliphatic heterocycles. The van der Waals surface area contributed by atoms with Crippen molar-refractivity contribution in [2.75, 3.05) is 5.32 Å². The third-order valence-corrected chi connectivity index (χ3v) is 5.96. The van der Waals surface area contributed by atoms with Gasteiger partial charge in [-0.2, -0.15) is 0 Å². The third-order valence-electron chi connectivity index (χ3n) is 4.72. The Kier molecular flexibility index (Phi) is 6.39. The lowest BCUT2D eigenvalue weighted by Crippen LogP contribution is -2.11. The summed E-state index contributed by atoms with van der Waals surface area (Å²) in [5.74, 6) is 1.38. The average molecular weight is 449 g/mol. The van der Waals surface area contributed by atoms with E-state index < -0.39 is 0 Å². The lowest BCUT2D eigenvalue weighted by Gasteiger charge is -2.09. The van der Waals surface area contributed by atoms with E-state index in [0.29, 0.717) is 16.3 Å². The van der Waals surface area contributed by atoms with Gasteiger partial charge in [0.25, 0.3) is 5.91 Å². The van der Waals surface area contributed by atoms with Crippen LogP contribution in [0.4, 0.5) is 5.69 Å². The van der Waals surface area contributed by atoms with Crippen LogP contribution < -0.4 is 5.32 Å². The second-order valence-electron chi connectivity index (χ2n) is 7.15. The Morgan fingerprint density at radius 1 is 1.00 bits per heavy atom. The lowest BCUT2D eigenvalue weighted by molar-refractivity contribution is 0.102. The van der Waals surface area contributed by atoms with Crippen molar-refractivity contribution in [3.8, 4) is 5.69 Å². The molecule has 0 saturated carbocycles. The number of rotatable bonds is 6. The fourth-order valence-corrected chi connectivity index (χ4v) is 4.31. The number of carbonyl (C=O) groups excluding carboxylic acids is 1. The number of anilines is 1. The number of carbonyl (C=O) groups is 1. The molecular weight excluding hydrogens is 428 g/mol. The molecule has 0 fully saturated rings. The maximum absolute atomic E-state index is 12.5. The molecule has 4 aromatic rings. The summed E-state index contributed by atoms with van der Waals surface area (Å²) in [6, 6.07) is 23.0. The number of nitrogens with one attached hydrogen (secondary N) is 1. The predicted molar refractivity (Wildman–Crippen MR) is 126 cm³/mol. The molecule has 1 N–H and O–H groups in total. The van der Waals surface area contributed by atoms with Crippen molar-refractivity contribution in [3.63, 3.8) is 0 Å². The van der Waals surface area contributed by atoms with E-state index >= 15 is 0 Å². The molecule has 1 heterocycles. The Morgan fingerprint density at radius 3 is 2.52 bits per heavy atom. The fraction of sp³-hybridized carbons (Fsp3) is 0.125. The first kappa shape index (κ1) is 21.2. The largest absolute Gasteiger partial charge is 0.322 e. The molecule has 7 heteroatoms.